The Kier molecular flexibility index (Phi) is 6.22. The molecule has 0 radical (unpaired) electrons. The van der Waals surface area contributed by atoms with E-state index in [1.807, 2.05) is 18.2 Å². The molecule has 1 unspecified atom stereocenters. The minimum Gasteiger partial charge on any atom is -0.497 e. The highest BCUT2D eigenvalue weighted by Gasteiger charge is 2.23. The molecular weight excluding hydrogens is 359 g/mol. The van der Waals surface area contributed by atoms with Crippen LogP contribution >= 0.6 is 0 Å². The second kappa shape index (κ2) is 8.99. The van der Waals surface area contributed by atoms with E-state index >= 15 is 0 Å². The summed E-state index contributed by atoms with van der Waals surface area (Å²) in [4.78, 5) is 17.4. The molecule has 0 fully saturated rings. The van der Waals surface area contributed by atoms with Crippen molar-refractivity contribution in [1.82, 2.24) is 4.98 Å². The number of benzene rings is 2. The lowest BCUT2D eigenvalue weighted by Crippen LogP contribution is -2.23. The van der Waals surface area contributed by atoms with Gasteiger partial charge in [0, 0.05) is 24.4 Å². The van der Waals surface area contributed by atoms with Crippen LogP contribution in [0.4, 0.5) is 10.1 Å². The number of pyridine rings is 1. The topological polar surface area (TPSA) is 60.5 Å². The van der Waals surface area contributed by atoms with Crippen molar-refractivity contribution in [2.75, 3.05) is 19.5 Å². The second-order valence-electron chi connectivity index (χ2n) is 6.18. The zero-order valence-corrected chi connectivity index (χ0v) is 15.7. The standard InChI is InChI=1S/C22H21FN2O3/c1-27-18-10-11-20(21(14-18)28-2)25-22(26)19(13-17-5-3-4-12-24-17)15-6-8-16(23)9-7-15/h3-12,14,19H,13H2,1-2H3,(H,25,26). The first kappa shape index (κ1) is 19.4. The summed E-state index contributed by atoms with van der Waals surface area (Å²) >= 11 is 0. The van der Waals surface area contributed by atoms with Gasteiger partial charge in [0.2, 0.25) is 5.91 Å². The van der Waals surface area contributed by atoms with E-state index in [1.54, 1.807) is 43.6 Å². The normalized spacial score (nSPS) is 11.5. The maximum Gasteiger partial charge on any atom is 0.232 e. The van der Waals surface area contributed by atoms with E-state index in [1.165, 1.54) is 19.2 Å². The van der Waals surface area contributed by atoms with Gasteiger partial charge in [0.25, 0.3) is 0 Å². The minimum absolute atomic E-state index is 0.235. The first-order valence-corrected chi connectivity index (χ1v) is 8.79. The molecule has 1 amide bonds. The average molecular weight is 380 g/mol. The smallest absolute Gasteiger partial charge is 0.232 e. The van der Waals surface area contributed by atoms with Gasteiger partial charge in [-0.05, 0) is 42.0 Å². The Morgan fingerprint density at radius 1 is 1.07 bits per heavy atom. The van der Waals surface area contributed by atoms with Gasteiger partial charge in [0.1, 0.15) is 17.3 Å². The Bertz CT molecular complexity index is 930. The predicted octanol–water partition coefficient (Wildman–Crippen LogP) is 4.20. The molecule has 3 rings (SSSR count). The number of ether oxygens (including phenoxy) is 2. The fraction of sp³-hybridized carbons (Fsp3) is 0.182. The monoisotopic (exact) mass is 380 g/mol. The number of nitrogens with one attached hydrogen (secondary N) is 1. The Balaban J connectivity index is 1.89. The third kappa shape index (κ3) is 4.65. The molecule has 0 aliphatic rings. The molecule has 144 valence electrons. The minimum atomic E-state index is -0.540. The Morgan fingerprint density at radius 3 is 2.50 bits per heavy atom. The summed E-state index contributed by atoms with van der Waals surface area (Å²) in [5.41, 5.74) is 2.01. The van der Waals surface area contributed by atoms with Crippen molar-refractivity contribution in [3.8, 4) is 11.5 Å². The number of amides is 1. The van der Waals surface area contributed by atoms with Crippen molar-refractivity contribution < 1.29 is 18.7 Å². The summed E-state index contributed by atoms with van der Waals surface area (Å²) in [6, 6.07) is 16.6. The van der Waals surface area contributed by atoms with Gasteiger partial charge in [-0.25, -0.2) is 4.39 Å². The van der Waals surface area contributed by atoms with E-state index in [2.05, 4.69) is 10.3 Å². The summed E-state index contributed by atoms with van der Waals surface area (Å²) < 4.78 is 23.9. The summed E-state index contributed by atoms with van der Waals surface area (Å²) in [7, 11) is 3.08. The molecule has 0 saturated carbocycles. The number of nitrogens with zero attached hydrogens (tertiary/aromatic N) is 1. The molecule has 1 atom stereocenters. The van der Waals surface area contributed by atoms with E-state index < -0.39 is 5.92 Å². The van der Waals surface area contributed by atoms with Crippen LogP contribution in [0.2, 0.25) is 0 Å². The molecule has 1 heterocycles. The lowest BCUT2D eigenvalue weighted by atomic mass is 9.93. The molecule has 28 heavy (non-hydrogen) atoms. The summed E-state index contributed by atoms with van der Waals surface area (Å²) in [6.45, 7) is 0. The van der Waals surface area contributed by atoms with E-state index in [0.29, 0.717) is 29.2 Å². The lowest BCUT2D eigenvalue weighted by Gasteiger charge is -2.18. The molecule has 0 bridgehead atoms. The molecular formula is C22H21FN2O3. The van der Waals surface area contributed by atoms with Crippen LogP contribution in [0.3, 0.4) is 0 Å². The first-order valence-electron chi connectivity index (χ1n) is 8.79. The quantitative estimate of drug-likeness (QED) is 0.667. The molecule has 0 saturated heterocycles. The molecule has 0 aliphatic carbocycles. The second-order valence-corrected chi connectivity index (χ2v) is 6.18. The predicted molar refractivity (Wildman–Crippen MR) is 105 cm³/mol. The van der Waals surface area contributed by atoms with Gasteiger partial charge in [0.15, 0.2) is 0 Å². The van der Waals surface area contributed by atoms with Gasteiger partial charge in [-0.15, -0.1) is 0 Å². The lowest BCUT2D eigenvalue weighted by molar-refractivity contribution is -0.117. The van der Waals surface area contributed by atoms with Crippen LogP contribution in [-0.4, -0.2) is 25.1 Å². The molecule has 0 spiro atoms. The van der Waals surface area contributed by atoms with Crippen LogP contribution < -0.4 is 14.8 Å². The molecule has 2 aromatic carbocycles. The third-order valence-corrected chi connectivity index (χ3v) is 4.39. The number of aromatic nitrogens is 1. The van der Waals surface area contributed by atoms with Gasteiger partial charge < -0.3 is 14.8 Å². The third-order valence-electron chi connectivity index (χ3n) is 4.39. The van der Waals surface area contributed by atoms with Crippen LogP contribution in [0.5, 0.6) is 11.5 Å². The zero-order valence-electron chi connectivity index (χ0n) is 15.7. The maximum absolute atomic E-state index is 13.4. The number of carbonyl (C=O) groups excluding carboxylic acids is 1. The number of halogens is 1. The SMILES string of the molecule is COc1ccc(NC(=O)C(Cc2ccccn2)c2ccc(F)cc2)c(OC)c1. The number of hydrogen-bond donors (Lipinski definition) is 1. The summed E-state index contributed by atoms with van der Waals surface area (Å²) in [5, 5.41) is 2.91. The highest BCUT2D eigenvalue weighted by Crippen LogP contribution is 2.31. The highest BCUT2D eigenvalue weighted by atomic mass is 19.1. The molecule has 1 N–H and O–H groups in total. The largest absolute Gasteiger partial charge is 0.497 e. The van der Waals surface area contributed by atoms with Gasteiger partial charge in [-0.3, -0.25) is 9.78 Å². The molecule has 6 heteroatoms. The van der Waals surface area contributed by atoms with Crippen molar-refractivity contribution in [2.24, 2.45) is 0 Å². The van der Waals surface area contributed by atoms with E-state index in [9.17, 15) is 9.18 Å². The highest BCUT2D eigenvalue weighted by molar-refractivity contribution is 5.97. The van der Waals surface area contributed by atoms with Crippen LogP contribution in [0.1, 0.15) is 17.2 Å². The van der Waals surface area contributed by atoms with Gasteiger partial charge in [-0.2, -0.15) is 0 Å². The number of anilines is 1. The van der Waals surface area contributed by atoms with Crippen LogP contribution in [0, 0.1) is 5.82 Å². The van der Waals surface area contributed by atoms with Crippen molar-refractivity contribution in [2.45, 2.75) is 12.3 Å². The van der Waals surface area contributed by atoms with E-state index in [0.717, 1.165) is 5.69 Å². The fourth-order valence-electron chi connectivity index (χ4n) is 2.91. The van der Waals surface area contributed by atoms with E-state index in [-0.39, 0.29) is 11.7 Å². The van der Waals surface area contributed by atoms with Crippen molar-refractivity contribution >= 4 is 11.6 Å². The van der Waals surface area contributed by atoms with Gasteiger partial charge in [-0.1, -0.05) is 18.2 Å². The molecule has 0 aliphatic heterocycles. The van der Waals surface area contributed by atoms with Gasteiger partial charge in [0.05, 0.1) is 25.8 Å². The van der Waals surface area contributed by atoms with Crippen molar-refractivity contribution in [1.29, 1.82) is 0 Å². The molecule has 3 aromatic rings. The number of hydrogen-bond acceptors (Lipinski definition) is 4. The number of methoxy groups -OCH3 is 2. The fourth-order valence-corrected chi connectivity index (χ4v) is 2.91. The maximum atomic E-state index is 13.4. The molecule has 5 nitrogen and oxygen atoms in total. The Hall–Kier alpha value is -3.41. The molecule has 1 aromatic heterocycles. The average Bonchev–Trinajstić information content (AvgIpc) is 2.73. The van der Waals surface area contributed by atoms with Gasteiger partial charge >= 0.3 is 0 Å². The van der Waals surface area contributed by atoms with Crippen molar-refractivity contribution in [3.05, 3.63) is 83.9 Å². The van der Waals surface area contributed by atoms with Crippen LogP contribution in [-0.2, 0) is 11.2 Å². The first-order chi connectivity index (χ1) is 13.6. The zero-order chi connectivity index (χ0) is 19.9. The van der Waals surface area contributed by atoms with Crippen LogP contribution in [0.15, 0.2) is 66.9 Å². The number of rotatable bonds is 7. The van der Waals surface area contributed by atoms with E-state index in [4.69, 9.17) is 9.47 Å². The number of carbonyl (C=O) groups is 1. The summed E-state index contributed by atoms with van der Waals surface area (Å²) in [6.07, 6.45) is 2.07. The van der Waals surface area contributed by atoms with Crippen LogP contribution in [0.25, 0.3) is 0 Å². The Labute approximate surface area is 163 Å². The van der Waals surface area contributed by atoms with Crippen molar-refractivity contribution in [3.63, 3.8) is 0 Å². The Morgan fingerprint density at radius 2 is 1.86 bits per heavy atom. The summed E-state index contributed by atoms with van der Waals surface area (Å²) in [5.74, 6) is -0.0117.